The number of hydrogen-bond acceptors (Lipinski definition) is 5. The van der Waals surface area contributed by atoms with Gasteiger partial charge >= 0.3 is 0 Å². The van der Waals surface area contributed by atoms with E-state index in [1.54, 1.807) is 35.8 Å². The molecular formula is C19H18ClN3O2S. The molecule has 0 unspecified atom stereocenters. The zero-order valence-corrected chi connectivity index (χ0v) is 16.0. The smallest absolute Gasteiger partial charge is 0.255 e. The Kier molecular flexibility index (Phi) is 5.75. The number of carbonyl (C=O) groups is 1. The molecule has 0 saturated carbocycles. The molecule has 134 valence electrons. The summed E-state index contributed by atoms with van der Waals surface area (Å²) in [5, 5.41) is 5.40. The van der Waals surface area contributed by atoms with Crippen molar-refractivity contribution in [1.82, 2.24) is 4.98 Å². The number of rotatable bonds is 6. The van der Waals surface area contributed by atoms with Crippen molar-refractivity contribution < 1.29 is 9.53 Å². The minimum atomic E-state index is -0.227. The van der Waals surface area contributed by atoms with Gasteiger partial charge in [-0.1, -0.05) is 17.7 Å². The summed E-state index contributed by atoms with van der Waals surface area (Å²) < 4.78 is 5.71. The van der Waals surface area contributed by atoms with Gasteiger partial charge in [-0.25, -0.2) is 4.98 Å². The Morgan fingerprint density at radius 3 is 2.85 bits per heavy atom. The number of aromatic nitrogens is 1. The summed E-state index contributed by atoms with van der Waals surface area (Å²) in [7, 11) is 3.82. The van der Waals surface area contributed by atoms with Gasteiger partial charge in [-0.05, 0) is 36.4 Å². The van der Waals surface area contributed by atoms with Crippen molar-refractivity contribution in [3.05, 3.63) is 69.6 Å². The first-order valence-corrected chi connectivity index (χ1v) is 9.23. The molecule has 0 aliphatic carbocycles. The third-order valence-corrected chi connectivity index (χ3v) is 4.53. The lowest BCUT2D eigenvalue weighted by Gasteiger charge is -2.18. The number of nitrogens with one attached hydrogen (secondary N) is 1. The van der Waals surface area contributed by atoms with Crippen molar-refractivity contribution in [3.63, 3.8) is 0 Å². The van der Waals surface area contributed by atoms with Gasteiger partial charge in [0.25, 0.3) is 5.91 Å². The zero-order valence-electron chi connectivity index (χ0n) is 14.4. The number of halogens is 1. The van der Waals surface area contributed by atoms with E-state index in [1.807, 2.05) is 36.5 Å². The van der Waals surface area contributed by atoms with Gasteiger partial charge in [0.05, 0.1) is 22.6 Å². The van der Waals surface area contributed by atoms with Gasteiger partial charge in [-0.3, -0.25) is 4.79 Å². The highest BCUT2D eigenvalue weighted by atomic mass is 35.5. The van der Waals surface area contributed by atoms with Crippen molar-refractivity contribution in [2.75, 3.05) is 24.3 Å². The lowest BCUT2D eigenvalue weighted by molar-refractivity contribution is 0.102. The molecule has 0 bridgehead atoms. The molecule has 2 aromatic carbocycles. The Bertz CT molecular complexity index is 898. The average molecular weight is 388 g/mol. The van der Waals surface area contributed by atoms with Gasteiger partial charge < -0.3 is 15.0 Å². The van der Waals surface area contributed by atoms with E-state index in [1.165, 1.54) is 11.3 Å². The number of benzene rings is 2. The van der Waals surface area contributed by atoms with Crippen LogP contribution in [-0.4, -0.2) is 25.0 Å². The topological polar surface area (TPSA) is 54.5 Å². The number of amides is 1. The highest BCUT2D eigenvalue weighted by Gasteiger charge is 2.12. The van der Waals surface area contributed by atoms with E-state index in [4.69, 9.17) is 16.3 Å². The normalized spacial score (nSPS) is 10.4. The van der Waals surface area contributed by atoms with Crippen LogP contribution < -0.4 is 15.0 Å². The van der Waals surface area contributed by atoms with Crippen molar-refractivity contribution in [2.45, 2.75) is 6.61 Å². The number of hydrogen-bond donors (Lipinski definition) is 1. The molecule has 1 heterocycles. The molecule has 5 nitrogen and oxygen atoms in total. The molecule has 3 aromatic rings. The number of nitrogens with zero attached hydrogens (tertiary/aromatic N) is 2. The third-order valence-electron chi connectivity index (χ3n) is 3.66. The lowest BCUT2D eigenvalue weighted by Crippen LogP contribution is -2.16. The van der Waals surface area contributed by atoms with Gasteiger partial charge in [-0.15, -0.1) is 11.3 Å². The largest absolute Gasteiger partial charge is 0.487 e. The monoisotopic (exact) mass is 387 g/mol. The molecule has 7 heteroatoms. The molecule has 0 saturated heterocycles. The van der Waals surface area contributed by atoms with Crippen molar-refractivity contribution in [3.8, 4) is 5.75 Å². The maximum Gasteiger partial charge on any atom is 0.255 e. The van der Waals surface area contributed by atoms with Crippen LogP contribution in [0.25, 0.3) is 0 Å². The fourth-order valence-electron chi connectivity index (χ4n) is 2.39. The Balaban J connectivity index is 1.74. The predicted molar refractivity (Wildman–Crippen MR) is 107 cm³/mol. The SMILES string of the molecule is CN(C)c1ccc(Cl)cc1NC(=O)c1cccc(OCc2cscn2)c1. The highest BCUT2D eigenvalue weighted by molar-refractivity contribution is 7.07. The Hall–Kier alpha value is -2.57. The van der Waals surface area contributed by atoms with Crippen LogP contribution in [0.1, 0.15) is 16.1 Å². The molecule has 3 rings (SSSR count). The minimum absolute atomic E-state index is 0.227. The van der Waals surface area contributed by atoms with Gasteiger partial charge in [-0.2, -0.15) is 0 Å². The standard InChI is InChI=1S/C19H18ClN3O2S/c1-23(2)18-7-6-14(20)9-17(18)22-19(24)13-4-3-5-16(8-13)25-10-15-11-26-12-21-15/h3-9,11-12H,10H2,1-2H3,(H,22,24). The molecule has 26 heavy (non-hydrogen) atoms. The summed E-state index contributed by atoms with van der Waals surface area (Å²) in [5.41, 5.74) is 4.65. The number of ether oxygens (including phenoxy) is 1. The van der Waals surface area contributed by atoms with Crippen molar-refractivity contribution in [1.29, 1.82) is 0 Å². The Morgan fingerprint density at radius 1 is 1.27 bits per heavy atom. The van der Waals surface area contributed by atoms with Gasteiger partial charge in [0, 0.05) is 30.1 Å². The Morgan fingerprint density at radius 2 is 2.12 bits per heavy atom. The van der Waals surface area contributed by atoms with Gasteiger partial charge in [0.1, 0.15) is 12.4 Å². The van der Waals surface area contributed by atoms with E-state index in [-0.39, 0.29) is 5.91 Å². The summed E-state index contributed by atoms with van der Waals surface area (Å²) >= 11 is 7.59. The van der Waals surface area contributed by atoms with Crippen LogP contribution in [0.2, 0.25) is 5.02 Å². The quantitative estimate of drug-likeness (QED) is 0.666. The molecule has 1 aromatic heterocycles. The van der Waals surface area contributed by atoms with Gasteiger partial charge in [0.15, 0.2) is 0 Å². The van der Waals surface area contributed by atoms with E-state index in [0.29, 0.717) is 28.6 Å². The maximum absolute atomic E-state index is 12.6. The number of thiazole rings is 1. The van der Waals surface area contributed by atoms with Crippen molar-refractivity contribution in [2.24, 2.45) is 0 Å². The fourth-order valence-corrected chi connectivity index (χ4v) is 3.10. The predicted octanol–water partition coefficient (Wildman–Crippen LogP) is 4.69. The molecule has 0 aliphatic rings. The number of carbonyl (C=O) groups excluding carboxylic acids is 1. The average Bonchev–Trinajstić information content (AvgIpc) is 3.13. The van der Waals surface area contributed by atoms with E-state index >= 15 is 0 Å². The van der Waals surface area contributed by atoms with Crippen LogP contribution in [0.5, 0.6) is 5.75 Å². The first kappa shape index (κ1) is 18.2. The summed E-state index contributed by atoms with van der Waals surface area (Å²) in [4.78, 5) is 18.7. The van der Waals surface area contributed by atoms with Crippen LogP contribution in [0.4, 0.5) is 11.4 Å². The van der Waals surface area contributed by atoms with Crippen molar-refractivity contribution >= 4 is 40.2 Å². The molecule has 0 aliphatic heterocycles. The second kappa shape index (κ2) is 8.21. The lowest BCUT2D eigenvalue weighted by atomic mass is 10.2. The maximum atomic E-state index is 12.6. The van der Waals surface area contributed by atoms with E-state index in [0.717, 1.165) is 11.4 Å². The second-order valence-electron chi connectivity index (χ2n) is 5.81. The van der Waals surface area contributed by atoms with E-state index in [2.05, 4.69) is 10.3 Å². The van der Waals surface area contributed by atoms with E-state index < -0.39 is 0 Å². The van der Waals surface area contributed by atoms with Crippen LogP contribution in [0.3, 0.4) is 0 Å². The first-order chi connectivity index (χ1) is 12.5. The van der Waals surface area contributed by atoms with Crippen LogP contribution in [0, 0.1) is 0 Å². The summed E-state index contributed by atoms with van der Waals surface area (Å²) in [6.07, 6.45) is 0. The third kappa shape index (κ3) is 4.53. The van der Waals surface area contributed by atoms with E-state index in [9.17, 15) is 4.79 Å². The molecule has 0 spiro atoms. The zero-order chi connectivity index (χ0) is 18.5. The van der Waals surface area contributed by atoms with Gasteiger partial charge in [0.2, 0.25) is 0 Å². The second-order valence-corrected chi connectivity index (χ2v) is 6.96. The molecule has 0 radical (unpaired) electrons. The highest BCUT2D eigenvalue weighted by Crippen LogP contribution is 2.28. The van der Waals surface area contributed by atoms with Crippen LogP contribution >= 0.6 is 22.9 Å². The molecule has 1 N–H and O–H groups in total. The summed E-state index contributed by atoms with van der Waals surface area (Å²) in [5.74, 6) is 0.388. The number of anilines is 2. The summed E-state index contributed by atoms with van der Waals surface area (Å²) in [6.45, 7) is 0.369. The molecule has 0 atom stereocenters. The fraction of sp³-hybridized carbons (Fsp3) is 0.158. The van der Waals surface area contributed by atoms with Crippen LogP contribution in [-0.2, 0) is 6.61 Å². The Labute approximate surface area is 161 Å². The molecule has 1 amide bonds. The van der Waals surface area contributed by atoms with Crippen LogP contribution in [0.15, 0.2) is 53.4 Å². The molecule has 0 fully saturated rings. The first-order valence-electron chi connectivity index (χ1n) is 7.91. The molecular weight excluding hydrogens is 370 g/mol. The minimum Gasteiger partial charge on any atom is -0.487 e. The summed E-state index contributed by atoms with van der Waals surface area (Å²) in [6, 6.07) is 12.4.